The monoisotopic (exact) mass is 496 g/mol. The van der Waals surface area contributed by atoms with Crippen molar-refractivity contribution < 1.29 is 9.53 Å². The Kier molecular flexibility index (Phi) is 11.0. The molecule has 0 radical (unpaired) electrons. The Hall–Kier alpha value is -2.31. The first-order valence-electron chi connectivity index (χ1n) is 12.2. The molecule has 1 unspecified atom stereocenters. The fourth-order valence-corrected chi connectivity index (χ4v) is 5.58. The van der Waals surface area contributed by atoms with Crippen molar-refractivity contribution in [3.63, 3.8) is 0 Å². The highest BCUT2D eigenvalue weighted by Gasteiger charge is 2.19. The molecule has 1 aromatic heterocycles. The van der Waals surface area contributed by atoms with E-state index in [2.05, 4.69) is 18.5 Å². The lowest BCUT2D eigenvalue weighted by Crippen LogP contribution is -2.13. The van der Waals surface area contributed by atoms with Gasteiger partial charge in [0.1, 0.15) is 11.4 Å². The molecule has 0 saturated carbocycles. The minimum absolute atomic E-state index is 0.180. The van der Waals surface area contributed by atoms with Crippen LogP contribution in [0.5, 0.6) is 5.75 Å². The van der Waals surface area contributed by atoms with Crippen molar-refractivity contribution in [1.82, 2.24) is 4.98 Å². The molecule has 0 aliphatic carbocycles. The second-order valence-corrected chi connectivity index (χ2v) is 10.4. The third-order valence-corrected chi connectivity index (χ3v) is 7.66. The molecule has 1 heterocycles. The Labute approximate surface area is 212 Å². The number of rotatable bonds is 14. The van der Waals surface area contributed by atoms with Crippen molar-refractivity contribution in [2.24, 2.45) is 0 Å². The van der Waals surface area contributed by atoms with Crippen molar-refractivity contribution in [2.75, 3.05) is 24.4 Å². The van der Waals surface area contributed by atoms with Gasteiger partial charge >= 0.3 is 0 Å². The summed E-state index contributed by atoms with van der Waals surface area (Å²) in [5.74, 6) is 2.21. The lowest BCUT2D eigenvalue weighted by molar-refractivity contribution is 0.102. The zero-order valence-corrected chi connectivity index (χ0v) is 22.1. The molecule has 0 fully saturated rings. The maximum Gasteiger partial charge on any atom is 0.275 e. The average molecular weight is 497 g/mol. The molecular weight excluding hydrogens is 460 g/mol. The molecule has 0 bridgehead atoms. The maximum atomic E-state index is 13.1. The highest BCUT2D eigenvalue weighted by Crippen LogP contribution is 2.33. The lowest BCUT2D eigenvalue weighted by atomic mass is 9.97. The average Bonchev–Trinajstić information content (AvgIpc) is 3.36. The van der Waals surface area contributed by atoms with Crippen LogP contribution in [0, 0.1) is 0 Å². The topological polar surface area (TPSA) is 51.2 Å². The quantitative estimate of drug-likeness (QED) is 0.228. The van der Waals surface area contributed by atoms with Gasteiger partial charge in [0.25, 0.3) is 5.91 Å². The first-order valence-corrected chi connectivity index (χ1v) is 14.4. The molecule has 6 heteroatoms. The van der Waals surface area contributed by atoms with E-state index in [0.29, 0.717) is 17.4 Å². The predicted octanol–water partition coefficient (Wildman–Crippen LogP) is 8.27. The van der Waals surface area contributed by atoms with Gasteiger partial charge in [0.15, 0.2) is 0 Å². The highest BCUT2D eigenvalue weighted by atomic mass is 32.2. The number of thioether (sulfide) groups is 1. The Morgan fingerprint density at radius 3 is 2.62 bits per heavy atom. The SMILES string of the molecule is CCCC(CCCCCCSC)c1nc(C(=O)Nc2cc(OC)ccc2-c2ccccc2)cs1. The van der Waals surface area contributed by atoms with Gasteiger partial charge in [0, 0.05) is 22.9 Å². The second-order valence-electron chi connectivity index (χ2n) is 8.48. The summed E-state index contributed by atoms with van der Waals surface area (Å²) in [5.41, 5.74) is 3.21. The Morgan fingerprint density at radius 1 is 1.09 bits per heavy atom. The molecule has 0 aliphatic heterocycles. The van der Waals surface area contributed by atoms with Gasteiger partial charge in [-0.2, -0.15) is 11.8 Å². The molecule has 1 N–H and O–H groups in total. The van der Waals surface area contributed by atoms with Gasteiger partial charge in [0.05, 0.1) is 17.8 Å². The number of carbonyl (C=O) groups excluding carboxylic acids is 1. The normalized spacial score (nSPS) is 11.9. The van der Waals surface area contributed by atoms with Crippen molar-refractivity contribution in [3.8, 4) is 16.9 Å². The van der Waals surface area contributed by atoms with Crippen LogP contribution in [0.3, 0.4) is 0 Å². The number of methoxy groups -OCH3 is 1. The van der Waals surface area contributed by atoms with Crippen LogP contribution in [-0.2, 0) is 0 Å². The maximum absolute atomic E-state index is 13.1. The number of thiazole rings is 1. The fourth-order valence-electron chi connectivity index (χ4n) is 4.12. The summed E-state index contributed by atoms with van der Waals surface area (Å²) in [4.78, 5) is 17.9. The van der Waals surface area contributed by atoms with Crippen LogP contribution >= 0.6 is 23.1 Å². The van der Waals surface area contributed by atoms with E-state index in [0.717, 1.165) is 41.1 Å². The summed E-state index contributed by atoms with van der Waals surface area (Å²) in [7, 11) is 1.63. The number of unbranched alkanes of at least 4 members (excludes halogenated alkanes) is 3. The lowest BCUT2D eigenvalue weighted by Gasteiger charge is -2.14. The number of carbonyl (C=O) groups is 1. The van der Waals surface area contributed by atoms with Gasteiger partial charge in [-0.25, -0.2) is 4.98 Å². The van der Waals surface area contributed by atoms with E-state index in [4.69, 9.17) is 9.72 Å². The van der Waals surface area contributed by atoms with Gasteiger partial charge < -0.3 is 10.1 Å². The van der Waals surface area contributed by atoms with E-state index in [1.165, 1.54) is 31.4 Å². The third-order valence-electron chi connectivity index (χ3n) is 5.95. The van der Waals surface area contributed by atoms with Crippen LogP contribution in [-0.4, -0.2) is 30.0 Å². The zero-order chi connectivity index (χ0) is 24.2. The van der Waals surface area contributed by atoms with Crippen LogP contribution in [0.25, 0.3) is 11.1 Å². The number of anilines is 1. The summed E-state index contributed by atoms with van der Waals surface area (Å²) in [6.07, 6.45) is 10.7. The highest BCUT2D eigenvalue weighted by molar-refractivity contribution is 7.98. The van der Waals surface area contributed by atoms with Crippen molar-refractivity contribution in [2.45, 2.75) is 57.8 Å². The molecule has 3 aromatic rings. The van der Waals surface area contributed by atoms with Crippen molar-refractivity contribution in [3.05, 3.63) is 64.6 Å². The van der Waals surface area contributed by atoms with Crippen LogP contribution in [0.15, 0.2) is 53.9 Å². The van der Waals surface area contributed by atoms with Gasteiger partial charge in [-0.05, 0) is 49.0 Å². The summed E-state index contributed by atoms with van der Waals surface area (Å²) in [5, 5.41) is 6.06. The van der Waals surface area contributed by atoms with Crippen molar-refractivity contribution >= 4 is 34.7 Å². The number of hydrogen-bond acceptors (Lipinski definition) is 5. The Balaban J connectivity index is 1.70. The van der Waals surface area contributed by atoms with E-state index >= 15 is 0 Å². The molecule has 2 aromatic carbocycles. The molecule has 1 amide bonds. The van der Waals surface area contributed by atoms with Crippen LogP contribution in [0.2, 0.25) is 0 Å². The number of amides is 1. The first kappa shape index (κ1) is 26.3. The largest absolute Gasteiger partial charge is 0.497 e. The molecule has 0 spiro atoms. The van der Waals surface area contributed by atoms with Gasteiger partial charge in [-0.15, -0.1) is 11.3 Å². The molecule has 0 aliphatic rings. The van der Waals surface area contributed by atoms with Gasteiger partial charge in [-0.1, -0.05) is 62.9 Å². The van der Waals surface area contributed by atoms with Crippen LogP contribution in [0.1, 0.15) is 73.3 Å². The van der Waals surface area contributed by atoms with Gasteiger partial charge in [-0.3, -0.25) is 4.79 Å². The number of benzene rings is 2. The van der Waals surface area contributed by atoms with E-state index in [-0.39, 0.29) is 5.91 Å². The van der Waals surface area contributed by atoms with Crippen molar-refractivity contribution in [1.29, 1.82) is 0 Å². The molecular formula is C28H36N2O2S2. The predicted molar refractivity (Wildman–Crippen MR) is 148 cm³/mol. The first-order chi connectivity index (χ1) is 16.7. The zero-order valence-electron chi connectivity index (χ0n) is 20.5. The third kappa shape index (κ3) is 7.60. The van der Waals surface area contributed by atoms with Crippen LogP contribution in [0.4, 0.5) is 5.69 Å². The number of hydrogen-bond donors (Lipinski definition) is 1. The molecule has 182 valence electrons. The molecule has 34 heavy (non-hydrogen) atoms. The van der Waals surface area contributed by atoms with Crippen LogP contribution < -0.4 is 10.1 Å². The standard InChI is InChI=1S/C28H36N2O2S2/c1-4-12-22(15-8-5-6-11-18-33-3)28-30-26(20-34-28)27(31)29-25-19-23(32-2)16-17-24(25)21-13-9-7-10-14-21/h7,9-10,13-14,16-17,19-20,22H,4-6,8,11-12,15,18H2,1-3H3,(H,29,31). The van der Waals surface area contributed by atoms with E-state index in [1.807, 2.05) is 65.7 Å². The Morgan fingerprint density at radius 2 is 1.88 bits per heavy atom. The van der Waals surface area contributed by atoms with E-state index in [9.17, 15) is 4.79 Å². The van der Waals surface area contributed by atoms with Gasteiger partial charge in [0.2, 0.25) is 0 Å². The summed E-state index contributed by atoms with van der Waals surface area (Å²) in [6.45, 7) is 2.22. The number of nitrogens with zero attached hydrogens (tertiary/aromatic N) is 1. The van der Waals surface area contributed by atoms with E-state index < -0.39 is 0 Å². The summed E-state index contributed by atoms with van der Waals surface area (Å²) >= 11 is 3.54. The number of aromatic nitrogens is 1. The minimum Gasteiger partial charge on any atom is -0.497 e. The minimum atomic E-state index is -0.180. The number of ether oxygens (including phenoxy) is 1. The molecule has 1 atom stereocenters. The molecule has 3 rings (SSSR count). The Bertz CT molecular complexity index is 1020. The van der Waals surface area contributed by atoms with E-state index in [1.54, 1.807) is 18.4 Å². The summed E-state index contributed by atoms with van der Waals surface area (Å²) < 4.78 is 5.40. The molecule has 0 saturated heterocycles. The molecule has 4 nitrogen and oxygen atoms in total. The second kappa shape index (κ2) is 14.2. The summed E-state index contributed by atoms with van der Waals surface area (Å²) in [6, 6.07) is 15.8. The number of nitrogens with one attached hydrogen (secondary N) is 1. The smallest absolute Gasteiger partial charge is 0.275 e. The fraction of sp³-hybridized carbons (Fsp3) is 0.429.